The largest absolute Gasteiger partial charge is 0.493 e. The lowest BCUT2D eigenvalue weighted by Gasteiger charge is -2.26. The van der Waals surface area contributed by atoms with Crippen molar-refractivity contribution < 1.29 is 19.5 Å². The molecule has 2 aromatic rings. The van der Waals surface area contributed by atoms with Crippen LogP contribution in [0.3, 0.4) is 0 Å². The van der Waals surface area contributed by atoms with E-state index in [0.717, 1.165) is 17.7 Å². The van der Waals surface area contributed by atoms with Gasteiger partial charge in [-0.15, -0.1) is 0 Å². The zero-order valence-corrected chi connectivity index (χ0v) is 11.6. The Bertz CT molecular complexity index is 615. The van der Waals surface area contributed by atoms with Crippen LogP contribution >= 0.6 is 0 Å². The van der Waals surface area contributed by atoms with Crippen molar-refractivity contribution in [2.45, 2.75) is 12.3 Å². The topological polar surface area (TPSA) is 58.9 Å². The van der Waals surface area contributed by atoms with Gasteiger partial charge in [0.1, 0.15) is 11.5 Å². The highest BCUT2D eigenvalue weighted by Crippen LogP contribution is 2.33. The summed E-state index contributed by atoms with van der Waals surface area (Å²) in [4.78, 5) is 0. The van der Waals surface area contributed by atoms with Crippen molar-refractivity contribution >= 4 is 12.6 Å². The molecule has 0 saturated heterocycles. The fourth-order valence-electron chi connectivity index (χ4n) is 2.60. The average molecular weight is 284 g/mol. The van der Waals surface area contributed by atoms with Crippen LogP contribution in [0.4, 0.5) is 0 Å². The van der Waals surface area contributed by atoms with Crippen molar-refractivity contribution in [1.82, 2.24) is 0 Å². The molecule has 1 unspecified atom stereocenters. The van der Waals surface area contributed by atoms with Gasteiger partial charge in [0.25, 0.3) is 0 Å². The summed E-state index contributed by atoms with van der Waals surface area (Å²) in [5, 5.41) is 18.7. The molecule has 21 heavy (non-hydrogen) atoms. The van der Waals surface area contributed by atoms with Crippen molar-refractivity contribution in [2.24, 2.45) is 0 Å². The zero-order chi connectivity index (χ0) is 14.7. The predicted molar refractivity (Wildman–Crippen MR) is 81.1 cm³/mol. The first-order chi connectivity index (χ1) is 10.3. The summed E-state index contributed by atoms with van der Waals surface area (Å²) in [6.45, 7) is 1.17. The lowest BCUT2D eigenvalue weighted by molar-refractivity contribution is 0.218. The highest BCUT2D eigenvalue weighted by Gasteiger charge is 2.23. The molecule has 3 rings (SSSR count). The molecule has 0 bridgehead atoms. The predicted octanol–water partition coefficient (Wildman–Crippen LogP) is 1.31. The van der Waals surface area contributed by atoms with E-state index in [0.29, 0.717) is 24.4 Å². The van der Waals surface area contributed by atoms with Crippen LogP contribution in [-0.2, 0) is 0 Å². The Kier molecular flexibility index (Phi) is 4.13. The summed E-state index contributed by atoms with van der Waals surface area (Å²) in [6, 6.07) is 14.9. The second-order valence-electron chi connectivity index (χ2n) is 5.09. The maximum atomic E-state index is 9.35. The lowest BCUT2D eigenvalue weighted by atomic mass is 9.79. The standard InChI is InChI=1S/C16H17BO4/c18-17(19)14-6-2-4-8-16(14)21-11-12-9-10-20-15-7-3-1-5-13(12)15/h1-8,12,18-19H,9-11H2. The Hall–Kier alpha value is -1.98. The Morgan fingerprint density at radius 2 is 1.86 bits per heavy atom. The molecule has 0 aliphatic carbocycles. The Morgan fingerprint density at radius 3 is 2.71 bits per heavy atom. The monoisotopic (exact) mass is 284 g/mol. The van der Waals surface area contributed by atoms with Gasteiger partial charge in [-0.05, 0) is 18.6 Å². The molecule has 0 amide bonds. The molecule has 1 aliphatic rings. The van der Waals surface area contributed by atoms with Crippen molar-refractivity contribution in [2.75, 3.05) is 13.2 Å². The van der Waals surface area contributed by atoms with Gasteiger partial charge in [-0.25, -0.2) is 0 Å². The first-order valence-corrected chi connectivity index (χ1v) is 7.05. The van der Waals surface area contributed by atoms with Crippen LogP contribution in [0, 0.1) is 0 Å². The van der Waals surface area contributed by atoms with E-state index in [1.54, 1.807) is 18.2 Å². The first kappa shape index (κ1) is 14.0. The summed E-state index contributed by atoms with van der Waals surface area (Å²) >= 11 is 0. The quantitative estimate of drug-likeness (QED) is 0.831. The molecule has 0 fully saturated rings. The summed E-state index contributed by atoms with van der Waals surface area (Å²) in [6.07, 6.45) is 0.890. The number of rotatable bonds is 4. The van der Waals surface area contributed by atoms with Crippen molar-refractivity contribution in [3.05, 3.63) is 54.1 Å². The molecule has 1 atom stereocenters. The molecule has 1 heterocycles. The zero-order valence-electron chi connectivity index (χ0n) is 11.6. The minimum atomic E-state index is -1.52. The van der Waals surface area contributed by atoms with Gasteiger partial charge in [0.2, 0.25) is 0 Å². The van der Waals surface area contributed by atoms with Gasteiger partial charge in [0.15, 0.2) is 0 Å². The second kappa shape index (κ2) is 6.20. The number of ether oxygens (including phenoxy) is 2. The number of fused-ring (bicyclic) bond motifs is 1. The molecule has 1 aliphatic heterocycles. The third-order valence-electron chi connectivity index (χ3n) is 3.72. The third kappa shape index (κ3) is 3.04. The highest BCUT2D eigenvalue weighted by molar-refractivity contribution is 6.59. The minimum absolute atomic E-state index is 0.249. The second-order valence-corrected chi connectivity index (χ2v) is 5.09. The molecule has 2 aromatic carbocycles. The van der Waals surface area contributed by atoms with E-state index in [-0.39, 0.29) is 5.92 Å². The van der Waals surface area contributed by atoms with Gasteiger partial charge >= 0.3 is 7.12 Å². The molecular formula is C16H17BO4. The molecule has 5 heteroatoms. The molecule has 0 radical (unpaired) electrons. The van der Waals surface area contributed by atoms with Crippen LogP contribution in [0.2, 0.25) is 0 Å². The molecular weight excluding hydrogens is 267 g/mol. The molecule has 2 N–H and O–H groups in total. The molecule has 0 spiro atoms. The SMILES string of the molecule is OB(O)c1ccccc1OCC1CCOc2ccccc21. The molecule has 108 valence electrons. The summed E-state index contributed by atoms with van der Waals surface area (Å²) in [7, 11) is -1.52. The molecule has 4 nitrogen and oxygen atoms in total. The van der Waals surface area contributed by atoms with Gasteiger partial charge in [-0.2, -0.15) is 0 Å². The summed E-state index contributed by atoms with van der Waals surface area (Å²) in [5.74, 6) is 1.67. The van der Waals surface area contributed by atoms with E-state index in [4.69, 9.17) is 9.47 Å². The van der Waals surface area contributed by atoms with Crippen LogP contribution in [0.15, 0.2) is 48.5 Å². The van der Waals surface area contributed by atoms with Crippen molar-refractivity contribution in [1.29, 1.82) is 0 Å². The number of hydrogen-bond acceptors (Lipinski definition) is 4. The third-order valence-corrected chi connectivity index (χ3v) is 3.72. The van der Waals surface area contributed by atoms with E-state index < -0.39 is 7.12 Å². The van der Waals surface area contributed by atoms with Gasteiger partial charge in [0, 0.05) is 16.9 Å². The van der Waals surface area contributed by atoms with E-state index in [1.165, 1.54) is 0 Å². The normalized spacial score (nSPS) is 16.8. The highest BCUT2D eigenvalue weighted by atomic mass is 16.5. The molecule has 0 aromatic heterocycles. The number of benzene rings is 2. The van der Waals surface area contributed by atoms with Crippen LogP contribution in [0.1, 0.15) is 17.9 Å². The smallest absolute Gasteiger partial charge is 0.492 e. The Morgan fingerprint density at radius 1 is 1.10 bits per heavy atom. The number of hydrogen-bond donors (Lipinski definition) is 2. The van der Waals surface area contributed by atoms with Crippen molar-refractivity contribution in [3.63, 3.8) is 0 Å². The van der Waals surface area contributed by atoms with Gasteiger partial charge < -0.3 is 19.5 Å². The first-order valence-electron chi connectivity index (χ1n) is 7.05. The van der Waals surface area contributed by atoms with Crippen LogP contribution in [-0.4, -0.2) is 30.4 Å². The maximum absolute atomic E-state index is 9.35. The van der Waals surface area contributed by atoms with E-state index in [9.17, 15) is 10.0 Å². The van der Waals surface area contributed by atoms with Crippen LogP contribution in [0.5, 0.6) is 11.5 Å². The summed E-state index contributed by atoms with van der Waals surface area (Å²) < 4.78 is 11.5. The van der Waals surface area contributed by atoms with Crippen molar-refractivity contribution in [3.8, 4) is 11.5 Å². The Balaban J connectivity index is 1.75. The fraction of sp³-hybridized carbons (Fsp3) is 0.250. The van der Waals surface area contributed by atoms with E-state index in [1.807, 2.05) is 24.3 Å². The van der Waals surface area contributed by atoms with Crippen LogP contribution in [0.25, 0.3) is 0 Å². The lowest BCUT2D eigenvalue weighted by Crippen LogP contribution is -2.32. The average Bonchev–Trinajstić information content (AvgIpc) is 2.53. The van der Waals surface area contributed by atoms with Gasteiger partial charge in [-0.1, -0.05) is 36.4 Å². The number of para-hydroxylation sites is 2. The summed E-state index contributed by atoms with van der Waals surface area (Å²) in [5.41, 5.74) is 1.53. The maximum Gasteiger partial charge on any atom is 0.492 e. The minimum Gasteiger partial charge on any atom is -0.493 e. The van der Waals surface area contributed by atoms with E-state index in [2.05, 4.69) is 6.07 Å². The van der Waals surface area contributed by atoms with Gasteiger partial charge in [-0.3, -0.25) is 0 Å². The van der Waals surface area contributed by atoms with Crippen LogP contribution < -0.4 is 14.9 Å². The van der Waals surface area contributed by atoms with Gasteiger partial charge in [0.05, 0.1) is 13.2 Å². The fourth-order valence-corrected chi connectivity index (χ4v) is 2.60. The molecule has 0 saturated carbocycles. The van der Waals surface area contributed by atoms with E-state index >= 15 is 0 Å². The Labute approximate surface area is 124 Å².